The normalized spacial score (nSPS) is 19.9. The van der Waals surface area contributed by atoms with Crippen LogP contribution in [-0.2, 0) is 4.79 Å². The molecule has 1 amide bonds. The molecule has 1 aliphatic carbocycles. The van der Waals surface area contributed by atoms with Crippen molar-refractivity contribution in [1.29, 1.82) is 0 Å². The van der Waals surface area contributed by atoms with Gasteiger partial charge < -0.3 is 15.2 Å². The molecule has 3 rings (SSSR count). The number of hydrogen-bond acceptors (Lipinski definition) is 3. The van der Waals surface area contributed by atoms with Crippen LogP contribution in [0.2, 0.25) is 0 Å². The van der Waals surface area contributed by atoms with Crippen molar-refractivity contribution in [2.24, 2.45) is 5.92 Å². The molecule has 2 aromatic carbocycles. The maximum atomic E-state index is 12.0. The van der Waals surface area contributed by atoms with Gasteiger partial charge >= 0.3 is 0 Å². The first kappa shape index (κ1) is 16.5. The summed E-state index contributed by atoms with van der Waals surface area (Å²) in [5.41, 5.74) is 2.03. The molecule has 1 fully saturated rings. The van der Waals surface area contributed by atoms with Crippen LogP contribution in [0.5, 0.6) is 5.75 Å². The van der Waals surface area contributed by atoms with Crippen LogP contribution in [0.1, 0.15) is 19.3 Å². The van der Waals surface area contributed by atoms with Gasteiger partial charge in [-0.2, -0.15) is 0 Å². The lowest BCUT2D eigenvalue weighted by Gasteiger charge is -2.16. The van der Waals surface area contributed by atoms with Gasteiger partial charge in [-0.25, -0.2) is 0 Å². The zero-order chi connectivity index (χ0) is 16.8. The Morgan fingerprint density at radius 2 is 1.83 bits per heavy atom. The monoisotopic (exact) mass is 325 g/mol. The smallest absolute Gasteiger partial charge is 0.257 e. The molecule has 4 nitrogen and oxygen atoms in total. The molecule has 0 heterocycles. The maximum Gasteiger partial charge on any atom is 0.257 e. The van der Waals surface area contributed by atoms with Crippen molar-refractivity contribution in [3.8, 4) is 16.9 Å². The molecule has 1 saturated carbocycles. The zero-order valence-corrected chi connectivity index (χ0v) is 13.7. The summed E-state index contributed by atoms with van der Waals surface area (Å²) in [4.78, 5) is 12.0. The van der Waals surface area contributed by atoms with Gasteiger partial charge in [0.2, 0.25) is 0 Å². The third kappa shape index (κ3) is 4.15. The summed E-state index contributed by atoms with van der Waals surface area (Å²) >= 11 is 0. The van der Waals surface area contributed by atoms with Gasteiger partial charge in [-0.1, -0.05) is 55.0 Å². The number of benzene rings is 2. The lowest BCUT2D eigenvalue weighted by Crippen LogP contribution is -2.35. The van der Waals surface area contributed by atoms with Gasteiger partial charge in [-0.3, -0.25) is 4.79 Å². The summed E-state index contributed by atoms with van der Waals surface area (Å²) in [6.45, 7) is 0.496. The van der Waals surface area contributed by atoms with E-state index in [-0.39, 0.29) is 24.5 Å². The first-order valence-corrected chi connectivity index (χ1v) is 8.46. The fraction of sp³-hybridized carbons (Fsp3) is 0.350. The lowest BCUT2D eigenvalue weighted by atomic mass is 10.1. The Balaban J connectivity index is 1.56. The topological polar surface area (TPSA) is 58.6 Å². The van der Waals surface area contributed by atoms with Gasteiger partial charge in [0.1, 0.15) is 5.75 Å². The van der Waals surface area contributed by atoms with Crippen LogP contribution >= 0.6 is 0 Å². The summed E-state index contributed by atoms with van der Waals surface area (Å²) in [5, 5.41) is 12.7. The van der Waals surface area contributed by atoms with E-state index in [1.165, 1.54) is 0 Å². The van der Waals surface area contributed by atoms with Crippen LogP contribution < -0.4 is 10.1 Å². The molecule has 2 atom stereocenters. The van der Waals surface area contributed by atoms with E-state index in [2.05, 4.69) is 5.32 Å². The van der Waals surface area contributed by atoms with Crippen molar-refractivity contribution in [3.63, 3.8) is 0 Å². The average Bonchev–Trinajstić information content (AvgIpc) is 3.04. The number of hydrogen-bond donors (Lipinski definition) is 2. The molecule has 0 aromatic heterocycles. The maximum absolute atomic E-state index is 12.0. The number of para-hydroxylation sites is 1. The van der Waals surface area contributed by atoms with E-state index in [1.807, 2.05) is 54.6 Å². The van der Waals surface area contributed by atoms with Crippen LogP contribution in [0.3, 0.4) is 0 Å². The predicted octanol–water partition coefficient (Wildman–Crippen LogP) is 3.01. The summed E-state index contributed by atoms with van der Waals surface area (Å²) in [6.07, 6.45) is 2.55. The first-order valence-electron chi connectivity index (χ1n) is 8.46. The highest BCUT2D eigenvalue weighted by Gasteiger charge is 2.25. The quantitative estimate of drug-likeness (QED) is 0.858. The number of carbonyl (C=O) groups excluding carboxylic acids is 1. The fourth-order valence-electron chi connectivity index (χ4n) is 3.14. The van der Waals surface area contributed by atoms with Gasteiger partial charge in [0.25, 0.3) is 5.91 Å². The number of carbonyl (C=O) groups is 1. The number of rotatable bonds is 6. The van der Waals surface area contributed by atoms with Gasteiger partial charge in [-0.15, -0.1) is 0 Å². The third-order valence-corrected chi connectivity index (χ3v) is 4.51. The van der Waals surface area contributed by atoms with Crippen LogP contribution in [0.15, 0.2) is 54.6 Å². The van der Waals surface area contributed by atoms with E-state index in [9.17, 15) is 9.90 Å². The number of aliphatic hydroxyl groups excluding tert-OH is 1. The molecule has 126 valence electrons. The molecule has 1 aliphatic rings. The zero-order valence-electron chi connectivity index (χ0n) is 13.7. The molecular weight excluding hydrogens is 302 g/mol. The molecule has 2 N–H and O–H groups in total. The van der Waals surface area contributed by atoms with E-state index in [0.717, 1.165) is 30.4 Å². The van der Waals surface area contributed by atoms with Gasteiger partial charge in [-0.05, 0) is 24.5 Å². The molecule has 2 unspecified atom stereocenters. The van der Waals surface area contributed by atoms with Crippen LogP contribution in [0, 0.1) is 5.92 Å². The van der Waals surface area contributed by atoms with Crippen molar-refractivity contribution in [2.45, 2.75) is 25.4 Å². The molecule has 0 saturated heterocycles. The minimum Gasteiger partial charge on any atom is -0.483 e. The van der Waals surface area contributed by atoms with Crippen molar-refractivity contribution in [2.75, 3.05) is 13.2 Å². The second kappa shape index (κ2) is 7.97. The highest BCUT2D eigenvalue weighted by atomic mass is 16.5. The largest absolute Gasteiger partial charge is 0.483 e. The molecular formula is C20H23NO3. The molecule has 2 aromatic rings. The van der Waals surface area contributed by atoms with Crippen LogP contribution in [0.25, 0.3) is 11.1 Å². The summed E-state index contributed by atoms with van der Waals surface area (Å²) in [7, 11) is 0. The third-order valence-electron chi connectivity index (χ3n) is 4.51. The number of amides is 1. The second-order valence-electron chi connectivity index (χ2n) is 6.21. The molecule has 0 spiro atoms. The Kier molecular flexibility index (Phi) is 5.49. The van der Waals surface area contributed by atoms with E-state index >= 15 is 0 Å². The standard InChI is InChI=1S/C20H23NO3/c22-18-11-6-9-16(18)13-21-20(23)14-24-19-12-5-4-10-17(19)15-7-2-1-3-8-15/h1-5,7-8,10,12,16,18,22H,6,9,11,13-14H2,(H,21,23). The van der Waals surface area contributed by atoms with E-state index in [4.69, 9.17) is 4.74 Å². The number of ether oxygens (including phenoxy) is 1. The van der Waals surface area contributed by atoms with Gasteiger partial charge in [0, 0.05) is 18.0 Å². The Labute approximate surface area is 142 Å². The minimum absolute atomic E-state index is 0.0212. The Morgan fingerprint density at radius 3 is 2.58 bits per heavy atom. The first-order chi connectivity index (χ1) is 11.7. The molecule has 0 radical (unpaired) electrons. The Hall–Kier alpha value is -2.33. The van der Waals surface area contributed by atoms with Crippen molar-refractivity contribution < 1.29 is 14.6 Å². The predicted molar refractivity (Wildman–Crippen MR) is 93.7 cm³/mol. The summed E-state index contributed by atoms with van der Waals surface area (Å²) in [5.74, 6) is 0.710. The second-order valence-corrected chi connectivity index (χ2v) is 6.21. The number of nitrogens with one attached hydrogen (secondary N) is 1. The molecule has 0 bridgehead atoms. The Morgan fingerprint density at radius 1 is 1.08 bits per heavy atom. The van der Waals surface area contributed by atoms with E-state index in [1.54, 1.807) is 0 Å². The van der Waals surface area contributed by atoms with Crippen LogP contribution in [0.4, 0.5) is 0 Å². The molecule has 24 heavy (non-hydrogen) atoms. The molecule has 0 aliphatic heterocycles. The molecule has 4 heteroatoms. The SMILES string of the molecule is O=C(COc1ccccc1-c1ccccc1)NCC1CCCC1O. The average molecular weight is 325 g/mol. The number of aliphatic hydroxyl groups is 1. The minimum atomic E-state index is -0.287. The highest BCUT2D eigenvalue weighted by Crippen LogP contribution is 2.29. The summed E-state index contributed by atoms with van der Waals surface area (Å²) < 4.78 is 5.72. The van der Waals surface area contributed by atoms with Gasteiger partial charge in [0.15, 0.2) is 6.61 Å². The van der Waals surface area contributed by atoms with E-state index < -0.39 is 0 Å². The Bertz CT molecular complexity index is 672. The fourth-order valence-corrected chi connectivity index (χ4v) is 3.14. The van der Waals surface area contributed by atoms with Gasteiger partial charge in [0.05, 0.1) is 6.10 Å². The van der Waals surface area contributed by atoms with Crippen molar-refractivity contribution in [3.05, 3.63) is 54.6 Å². The van der Waals surface area contributed by atoms with Crippen molar-refractivity contribution in [1.82, 2.24) is 5.32 Å². The van der Waals surface area contributed by atoms with E-state index in [0.29, 0.717) is 12.3 Å². The highest BCUT2D eigenvalue weighted by molar-refractivity contribution is 5.78. The summed E-state index contributed by atoms with van der Waals surface area (Å²) in [6, 6.07) is 17.7. The lowest BCUT2D eigenvalue weighted by molar-refractivity contribution is -0.123. The van der Waals surface area contributed by atoms with Crippen LogP contribution in [-0.4, -0.2) is 30.3 Å². The van der Waals surface area contributed by atoms with Crippen molar-refractivity contribution >= 4 is 5.91 Å².